The summed E-state index contributed by atoms with van der Waals surface area (Å²) in [6, 6.07) is 7.38. The minimum Gasteiger partial charge on any atom is -0.370 e. The Balaban J connectivity index is 2.08. The van der Waals surface area contributed by atoms with Gasteiger partial charge in [-0.15, -0.1) is 11.3 Å². The van der Waals surface area contributed by atoms with Crippen molar-refractivity contribution < 1.29 is 4.79 Å². The second-order valence-corrected chi connectivity index (χ2v) is 6.82. The van der Waals surface area contributed by atoms with Gasteiger partial charge in [0.2, 0.25) is 5.91 Å². The van der Waals surface area contributed by atoms with E-state index in [9.17, 15) is 9.59 Å². The molecule has 0 aliphatic rings. The maximum Gasteiger partial charge on any atom is 0.262 e. The number of fused-ring (bicyclic) bond motifs is 1. The highest BCUT2D eigenvalue weighted by Gasteiger charge is 2.15. The summed E-state index contributed by atoms with van der Waals surface area (Å²) in [6.45, 7) is 2.22. The number of rotatable bonds is 5. The molecule has 1 aromatic carbocycles. The molecule has 0 aliphatic carbocycles. The van der Waals surface area contributed by atoms with Gasteiger partial charge in [0.15, 0.2) is 0 Å². The first-order valence-electron chi connectivity index (χ1n) is 7.50. The number of carbonyl (C=O) groups is 1. The maximum absolute atomic E-state index is 12.9. The van der Waals surface area contributed by atoms with Crippen LogP contribution in [0.5, 0.6) is 0 Å². The first-order valence-corrected chi connectivity index (χ1v) is 8.76. The summed E-state index contributed by atoms with van der Waals surface area (Å²) in [5.41, 5.74) is 6.86. The fourth-order valence-corrected chi connectivity index (χ4v) is 3.75. The van der Waals surface area contributed by atoms with E-state index < -0.39 is 0 Å². The van der Waals surface area contributed by atoms with E-state index in [1.165, 1.54) is 11.3 Å². The molecule has 0 atom stereocenters. The van der Waals surface area contributed by atoms with Crippen molar-refractivity contribution in [2.75, 3.05) is 0 Å². The number of primary amides is 1. The SMILES string of the molecule is Cc1nc2scc(-c3ccc(Cl)cc3)c2c(=O)n1CCCC(N)=O. The molecule has 7 heteroatoms. The monoisotopic (exact) mass is 361 g/mol. The Kier molecular flexibility index (Phi) is 4.69. The molecule has 0 fully saturated rings. The average Bonchev–Trinajstić information content (AvgIpc) is 2.95. The van der Waals surface area contributed by atoms with Crippen LogP contribution < -0.4 is 11.3 Å². The van der Waals surface area contributed by atoms with Crippen LogP contribution >= 0.6 is 22.9 Å². The van der Waals surface area contributed by atoms with Gasteiger partial charge >= 0.3 is 0 Å². The van der Waals surface area contributed by atoms with Crippen molar-refractivity contribution in [3.8, 4) is 11.1 Å². The van der Waals surface area contributed by atoms with Gasteiger partial charge in [-0.3, -0.25) is 14.2 Å². The number of aromatic nitrogens is 2. The number of thiophene rings is 1. The van der Waals surface area contributed by atoms with E-state index in [2.05, 4.69) is 4.98 Å². The second-order valence-electron chi connectivity index (χ2n) is 5.52. The number of aryl methyl sites for hydroxylation is 1. The van der Waals surface area contributed by atoms with E-state index in [1.807, 2.05) is 17.5 Å². The fourth-order valence-electron chi connectivity index (χ4n) is 2.64. The molecule has 2 N–H and O–H groups in total. The van der Waals surface area contributed by atoms with E-state index in [-0.39, 0.29) is 17.9 Å². The van der Waals surface area contributed by atoms with Crippen LogP contribution in [-0.2, 0) is 11.3 Å². The summed E-state index contributed by atoms with van der Waals surface area (Å²) in [5, 5.41) is 3.19. The molecule has 0 bridgehead atoms. The standard InChI is InChI=1S/C17H16ClN3O2S/c1-10-20-16-15(17(23)21(10)8-2-3-14(19)22)13(9-24-16)11-4-6-12(18)7-5-11/h4-7,9H,2-3,8H2,1H3,(H2,19,22). The van der Waals surface area contributed by atoms with Crippen LogP contribution in [0.25, 0.3) is 21.3 Å². The minimum atomic E-state index is -0.368. The van der Waals surface area contributed by atoms with Gasteiger partial charge < -0.3 is 5.73 Å². The van der Waals surface area contributed by atoms with Crippen molar-refractivity contribution in [3.63, 3.8) is 0 Å². The van der Waals surface area contributed by atoms with Crippen molar-refractivity contribution in [3.05, 3.63) is 50.8 Å². The van der Waals surface area contributed by atoms with Gasteiger partial charge in [0.25, 0.3) is 5.56 Å². The molecule has 3 rings (SSSR count). The third kappa shape index (κ3) is 3.20. The van der Waals surface area contributed by atoms with Gasteiger partial charge in [0.1, 0.15) is 10.7 Å². The van der Waals surface area contributed by atoms with Crippen LogP contribution in [0.1, 0.15) is 18.7 Å². The smallest absolute Gasteiger partial charge is 0.262 e. The van der Waals surface area contributed by atoms with Crippen molar-refractivity contribution in [2.24, 2.45) is 5.73 Å². The van der Waals surface area contributed by atoms with Gasteiger partial charge in [-0.1, -0.05) is 23.7 Å². The molecule has 2 heterocycles. The number of benzene rings is 1. The van der Waals surface area contributed by atoms with Gasteiger partial charge in [-0.05, 0) is 31.0 Å². The summed E-state index contributed by atoms with van der Waals surface area (Å²) in [7, 11) is 0. The molecule has 24 heavy (non-hydrogen) atoms. The topological polar surface area (TPSA) is 78.0 Å². The maximum atomic E-state index is 12.9. The van der Waals surface area contributed by atoms with Crippen molar-refractivity contribution >= 4 is 39.1 Å². The number of halogens is 1. The number of amides is 1. The van der Waals surface area contributed by atoms with E-state index in [0.29, 0.717) is 34.0 Å². The largest absolute Gasteiger partial charge is 0.370 e. The van der Waals surface area contributed by atoms with E-state index in [1.54, 1.807) is 23.6 Å². The molecule has 0 radical (unpaired) electrons. The summed E-state index contributed by atoms with van der Waals surface area (Å²) in [4.78, 5) is 29.1. The molecule has 2 aromatic heterocycles. The van der Waals surface area contributed by atoms with Crippen LogP contribution in [0, 0.1) is 6.92 Å². The zero-order chi connectivity index (χ0) is 17.3. The first-order chi connectivity index (χ1) is 11.5. The lowest BCUT2D eigenvalue weighted by Crippen LogP contribution is -2.24. The highest BCUT2D eigenvalue weighted by molar-refractivity contribution is 7.17. The summed E-state index contributed by atoms with van der Waals surface area (Å²) in [6.07, 6.45) is 0.765. The van der Waals surface area contributed by atoms with E-state index >= 15 is 0 Å². The predicted octanol–water partition coefficient (Wildman–Crippen LogP) is 3.35. The Morgan fingerprint density at radius 1 is 1.33 bits per heavy atom. The highest BCUT2D eigenvalue weighted by atomic mass is 35.5. The molecule has 124 valence electrons. The number of nitrogens with two attached hydrogens (primary N) is 1. The molecule has 0 spiro atoms. The van der Waals surface area contributed by atoms with Gasteiger partial charge in [0.05, 0.1) is 5.39 Å². The quantitative estimate of drug-likeness (QED) is 0.756. The van der Waals surface area contributed by atoms with Crippen molar-refractivity contribution in [1.29, 1.82) is 0 Å². The summed E-state index contributed by atoms with van der Waals surface area (Å²) in [5.74, 6) is 0.272. The highest BCUT2D eigenvalue weighted by Crippen LogP contribution is 2.31. The summed E-state index contributed by atoms with van der Waals surface area (Å²) >= 11 is 7.39. The van der Waals surface area contributed by atoms with Gasteiger partial charge in [-0.25, -0.2) is 4.98 Å². The normalized spacial score (nSPS) is 11.1. The number of hydrogen-bond donors (Lipinski definition) is 1. The fraction of sp³-hybridized carbons (Fsp3) is 0.235. The Morgan fingerprint density at radius 3 is 2.71 bits per heavy atom. The Hall–Kier alpha value is -2.18. The molecule has 0 aliphatic heterocycles. The van der Waals surface area contributed by atoms with Crippen LogP contribution in [0.15, 0.2) is 34.4 Å². The lowest BCUT2D eigenvalue weighted by Gasteiger charge is -2.09. The van der Waals surface area contributed by atoms with Gasteiger partial charge in [-0.2, -0.15) is 0 Å². The number of nitrogens with zero attached hydrogens (tertiary/aromatic N) is 2. The molecule has 0 saturated carbocycles. The Morgan fingerprint density at radius 2 is 2.04 bits per heavy atom. The third-order valence-corrected chi connectivity index (χ3v) is 4.97. The van der Waals surface area contributed by atoms with E-state index in [0.717, 1.165) is 11.1 Å². The van der Waals surface area contributed by atoms with Crippen LogP contribution in [0.2, 0.25) is 5.02 Å². The molecular formula is C17H16ClN3O2S. The predicted molar refractivity (Wildman–Crippen MR) is 97.5 cm³/mol. The Labute approximate surface area is 147 Å². The van der Waals surface area contributed by atoms with Gasteiger partial charge in [0, 0.05) is 28.9 Å². The summed E-state index contributed by atoms with van der Waals surface area (Å²) < 4.78 is 1.61. The van der Waals surface area contributed by atoms with Crippen LogP contribution in [-0.4, -0.2) is 15.5 Å². The molecule has 3 aromatic rings. The number of hydrogen-bond acceptors (Lipinski definition) is 4. The van der Waals surface area contributed by atoms with Crippen molar-refractivity contribution in [1.82, 2.24) is 9.55 Å². The first kappa shape index (κ1) is 16.7. The Bertz CT molecular complexity index is 960. The molecule has 0 saturated heterocycles. The molecular weight excluding hydrogens is 346 g/mol. The lowest BCUT2D eigenvalue weighted by atomic mass is 10.1. The molecule has 1 amide bonds. The third-order valence-electron chi connectivity index (χ3n) is 3.84. The zero-order valence-electron chi connectivity index (χ0n) is 13.1. The number of carbonyl (C=O) groups excluding carboxylic acids is 1. The van der Waals surface area contributed by atoms with E-state index in [4.69, 9.17) is 17.3 Å². The van der Waals surface area contributed by atoms with Crippen LogP contribution in [0.4, 0.5) is 0 Å². The van der Waals surface area contributed by atoms with Crippen LogP contribution in [0.3, 0.4) is 0 Å². The second kappa shape index (κ2) is 6.75. The molecule has 5 nitrogen and oxygen atoms in total. The molecule has 0 unspecified atom stereocenters. The minimum absolute atomic E-state index is 0.0897. The zero-order valence-corrected chi connectivity index (χ0v) is 14.7. The lowest BCUT2D eigenvalue weighted by molar-refractivity contribution is -0.118. The van der Waals surface area contributed by atoms with Crippen molar-refractivity contribution in [2.45, 2.75) is 26.3 Å². The average molecular weight is 362 g/mol.